The monoisotopic (exact) mass is 522 g/mol. The normalized spacial score (nSPS) is 15.9. The second-order valence-corrected chi connectivity index (χ2v) is 11.3. The first-order valence-corrected chi connectivity index (χ1v) is 13.5. The van der Waals surface area contributed by atoms with E-state index >= 15 is 0 Å². The Morgan fingerprint density at radius 2 is 1.59 bits per heavy atom. The van der Waals surface area contributed by atoms with E-state index in [1.165, 1.54) is 12.1 Å². The van der Waals surface area contributed by atoms with E-state index in [1.807, 2.05) is 36.4 Å². The quantitative estimate of drug-likeness (QED) is 0.395. The molecule has 0 radical (unpaired) electrons. The lowest BCUT2D eigenvalue weighted by Gasteiger charge is -2.36. The topological polar surface area (TPSA) is 122 Å². The van der Waals surface area contributed by atoms with Gasteiger partial charge in [-0.1, -0.05) is 60.7 Å². The number of methoxy groups -OCH3 is 1. The van der Waals surface area contributed by atoms with Gasteiger partial charge in [-0.15, -0.1) is 0 Å². The second-order valence-electron chi connectivity index (χ2n) is 9.03. The Hall–Kier alpha value is -3.69. The molecule has 3 aromatic rings. The van der Waals surface area contributed by atoms with Crippen LogP contribution < -0.4 is 15.4 Å². The molecule has 0 aliphatic carbocycles. The summed E-state index contributed by atoms with van der Waals surface area (Å²) < 4.78 is 30.9. The van der Waals surface area contributed by atoms with E-state index in [1.54, 1.807) is 37.4 Å². The zero-order valence-electron chi connectivity index (χ0n) is 20.5. The highest BCUT2D eigenvalue weighted by Gasteiger charge is 2.52. The number of carbonyl (C=O) groups is 2. The standard InChI is InChI=1S/C28H30N2O6S/c1-36-25-10-6-5-9-23(25)21-13-11-20(12-14-21)19-24(26(31)32)30-27(33)28(15-17-29-18-16-28)37(34,35)22-7-3-2-4-8-22/h2-14,24,29H,15-19H2,1H3,(H,30,33)(H,31,32)/t24-/m0/s1. The summed E-state index contributed by atoms with van der Waals surface area (Å²) in [5, 5.41) is 15.5. The second kappa shape index (κ2) is 11.1. The lowest BCUT2D eigenvalue weighted by molar-refractivity contribution is -0.142. The summed E-state index contributed by atoms with van der Waals surface area (Å²) >= 11 is 0. The molecule has 1 heterocycles. The lowest BCUT2D eigenvalue weighted by Crippen LogP contribution is -2.60. The van der Waals surface area contributed by atoms with Gasteiger partial charge in [-0.25, -0.2) is 13.2 Å². The molecule has 1 atom stereocenters. The Balaban J connectivity index is 1.57. The van der Waals surface area contributed by atoms with E-state index in [0.717, 1.165) is 16.9 Å². The number of nitrogens with one attached hydrogen (secondary N) is 2. The van der Waals surface area contributed by atoms with Gasteiger partial charge < -0.3 is 20.5 Å². The summed E-state index contributed by atoms with van der Waals surface area (Å²) in [5.41, 5.74) is 2.50. The Bertz CT molecular complexity index is 1350. The number of hydrogen-bond donors (Lipinski definition) is 3. The molecule has 37 heavy (non-hydrogen) atoms. The van der Waals surface area contributed by atoms with Gasteiger partial charge in [0.1, 0.15) is 11.8 Å². The van der Waals surface area contributed by atoms with Gasteiger partial charge in [-0.2, -0.15) is 0 Å². The molecule has 9 heteroatoms. The molecule has 0 spiro atoms. The minimum Gasteiger partial charge on any atom is -0.496 e. The van der Waals surface area contributed by atoms with E-state index in [9.17, 15) is 23.1 Å². The number of carboxylic acid groups (broad SMARTS) is 1. The molecule has 1 aliphatic heterocycles. The third kappa shape index (κ3) is 5.38. The Kier molecular flexibility index (Phi) is 7.94. The molecule has 1 saturated heterocycles. The summed E-state index contributed by atoms with van der Waals surface area (Å²) in [6.45, 7) is 0.670. The molecule has 3 aromatic carbocycles. The van der Waals surface area contributed by atoms with Crippen LogP contribution in [0.2, 0.25) is 0 Å². The van der Waals surface area contributed by atoms with Crippen molar-refractivity contribution in [2.45, 2.75) is 34.9 Å². The van der Waals surface area contributed by atoms with Crippen LogP contribution in [0.3, 0.4) is 0 Å². The molecule has 1 aliphatic rings. The molecule has 1 amide bonds. The van der Waals surface area contributed by atoms with Gasteiger partial charge in [0.15, 0.2) is 14.6 Å². The van der Waals surface area contributed by atoms with Gasteiger partial charge in [0.2, 0.25) is 5.91 Å². The maximum Gasteiger partial charge on any atom is 0.326 e. The molecule has 0 unspecified atom stereocenters. The van der Waals surface area contributed by atoms with Crippen molar-refractivity contribution in [1.29, 1.82) is 0 Å². The summed E-state index contributed by atoms with van der Waals surface area (Å²) in [5.74, 6) is -1.29. The van der Waals surface area contributed by atoms with E-state index in [0.29, 0.717) is 18.7 Å². The first kappa shape index (κ1) is 26.4. The molecule has 0 aromatic heterocycles. The van der Waals surface area contributed by atoms with Crippen LogP contribution in [0.1, 0.15) is 18.4 Å². The Morgan fingerprint density at radius 3 is 2.22 bits per heavy atom. The Labute approximate surface area is 216 Å². The van der Waals surface area contributed by atoms with Crippen molar-refractivity contribution in [3.63, 3.8) is 0 Å². The van der Waals surface area contributed by atoms with Crippen LogP contribution in [0.25, 0.3) is 11.1 Å². The summed E-state index contributed by atoms with van der Waals surface area (Å²) in [7, 11) is -2.47. The number of ether oxygens (including phenoxy) is 1. The number of benzene rings is 3. The first-order chi connectivity index (χ1) is 17.8. The van der Waals surface area contributed by atoms with Crippen LogP contribution in [-0.2, 0) is 25.8 Å². The molecule has 1 fully saturated rings. The maximum atomic E-state index is 13.6. The first-order valence-electron chi connectivity index (χ1n) is 12.0. The number of sulfone groups is 1. The highest BCUT2D eigenvalue weighted by atomic mass is 32.2. The fraction of sp³-hybridized carbons (Fsp3) is 0.286. The number of amides is 1. The predicted molar refractivity (Wildman–Crippen MR) is 140 cm³/mol. The van der Waals surface area contributed by atoms with Gasteiger partial charge in [0.25, 0.3) is 0 Å². The molecule has 8 nitrogen and oxygen atoms in total. The van der Waals surface area contributed by atoms with Crippen LogP contribution in [0.5, 0.6) is 5.75 Å². The van der Waals surface area contributed by atoms with Crippen LogP contribution in [0.4, 0.5) is 0 Å². The molecular weight excluding hydrogens is 492 g/mol. The van der Waals surface area contributed by atoms with Crippen molar-refractivity contribution in [1.82, 2.24) is 10.6 Å². The van der Waals surface area contributed by atoms with Crippen molar-refractivity contribution in [2.24, 2.45) is 0 Å². The van der Waals surface area contributed by atoms with Crippen LogP contribution in [-0.4, -0.2) is 56.4 Å². The van der Waals surface area contributed by atoms with Gasteiger partial charge in [-0.05, 0) is 55.3 Å². The maximum absolute atomic E-state index is 13.6. The summed E-state index contributed by atoms with van der Waals surface area (Å²) in [6, 6.07) is 21.4. The Morgan fingerprint density at radius 1 is 0.973 bits per heavy atom. The third-order valence-corrected chi connectivity index (χ3v) is 9.32. The zero-order chi connectivity index (χ0) is 26.5. The molecule has 3 N–H and O–H groups in total. The highest BCUT2D eigenvalue weighted by Crippen LogP contribution is 2.34. The largest absolute Gasteiger partial charge is 0.496 e. The number of hydrogen-bond acceptors (Lipinski definition) is 6. The van der Waals surface area contributed by atoms with E-state index < -0.39 is 32.5 Å². The van der Waals surface area contributed by atoms with Crippen LogP contribution in [0, 0.1) is 0 Å². The number of piperidine rings is 1. The summed E-state index contributed by atoms with van der Waals surface area (Å²) in [6.07, 6.45) is 0.110. The third-order valence-electron chi connectivity index (χ3n) is 6.81. The highest BCUT2D eigenvalue weighted by molar-refractivity contribution is 7.93. The molecule has 0 saturated carbocycles. The fourth-order valence-electron chi connectivity index (χ4n) is 4.70. The predicted octanol–water partition coefficient (Wildman–Crippen LogP) is 3.07. The lowest BCUT2D eigenvalue weighted by atomic mass is 9.94. The van der Waals surface area contributed by atoms with E-state index in [-0.39, 0.29) is 24.2 Å². The molecule has 194 valence electrons. The van der Waals surface area contributed by atoms with Gasteiger partial charge in [0.05, 0.1) is 12.0 Å². The van der Waals surface area contributed by atoms with Gasteiger partial charge in [-0.3, -0.25) is 4.79 Å². The van der Waals surface area contributed by atoms with Crippen molar-refractivity contribution in [2.75, 3.05) is 20.2 Å². The molecule has 0 bridgehead atoms. The van der Waals surface area contributed by atoms with Crippen molar-refractivity contribution < 1.29 is 27.9 Å². The number of para-hydroxylation sites is 1. The number of carboxylic acids is 1. The number of carbonyl (C=O) groups excluding carboxylic acids is 1. The van der Waals surface area contributed by atoms with Crippen molar-refractivity contribution in [3.8, 4) is 16.9 Å². The van der Waals surface area contributed by atoms with E-state index in [4.69, 9.17) is 4.74 Å². The SMILES string of the molecule is COc1ccccc1-c1ccc(C[C@H](NC(=O)C2(S(=O)(=O)c3ccccc3)CCNCC2)C(=O)O)cc1. The fourth-order valence-corrected chi connectivity index (χ4v) is 6.71. The smallest absolute Gasteiger partial charge is 0.326 e. The minimum absolute atomic E-state index is 0.00694. The molecular formula is C28H30N2O6S. The van der Waals surface area contributed by atoms with Gasteiger partial charge >= 0.3 is 5.97 Å². The number of aliphatic carboxylic acids is 1. The van der Waals surface area contributed by atoms with E-state index in [2.05, 4.69) is 10.6 Å². The van der Waals surface area contributed by atoms with Crippen molar-refractivity contribution in [3.05, 3.63) is 84.4 Å². The van der Waals surface area contributed by atoms with Crippen LogP contribution >= 0.6 is 0 Å². The van der Waals surface area contributed by atoms with Crippen molar-refractivity contribution >= 4 is 21.7 Å². The van der Waals surface area contributed by atoms with Crippen LogP contribution in [0.15, 0.2) is 83.8 Å². The minimum atomic E-state index is -4.07. The molecule has 4 rings (SSSR count). The zero-order valence-corrected chi connectivity index (χ0v) is 21.3. The average molecular weight is 523 g/mol. The number of rotatable bonds is 9. The summed E-state index contributed by atoms with van der Waals surface area (Å²) in [4.78, 5) is 25.7. The van der Waals surface area contributed by atoms with Gasteiger partial charge in [0, 0.05) is 12.0 Å². The average Bonchev–Trinajstić information content (AvgIpc) is 2.93.